The van der Waals surface area contributed by atoms with Crippen LogP contribution < -0.4 is 15.4 Å². The fourth-order valence-corrected chi connectivity index (χ4v) is 4.00. The third-order valence-electron chi connectivity index (χ3n) is 5.74. The first-order chi connectivity index (χ1) is 17.9. The number of nitrogens with one attached hydrogen (secondary N) is 3. The van der Waals surface area contributed by atoms with Crippen LogP contribution in [0.1, 0.15) is 19.4 Å². The first-order valence-corrected chi connectivity index (χ1v) is 12.1. The minimum Gasteiger partial charge on any atom is -0.484 e. The van der Waals surface area contributed by atoms with Crippen LogP contribution in [-0.4, -0.2) is 38.7 Å². The monoisotopic (exact) mass is 492 g/mol. The van der Waals surface area contributed by atoms with E-state index in [-0.39, 0.29) is 18.6 Å². The Kier molecular flexibility index (Phi) is 6.81. The van der Waals surface area contributed by atoms with Crippen LogP contribution in [0.2, 0.25) is 0 Å². The van der Waals surface area contributed by atoms with Gasteiger partial charge in [0.05, 0.1) is 11.7 Å². The van der Waals surface area contributed by atoms with Gasteiger partial charge in [-0.25, -0.2) is 9.97 Å². The number of aromatic amines is 1. The maximum atomic E-state index is 12.0. The molecule has 37 heavy (non-hydrogen) atoms. The van der Waals surface area contributed by atoms with Crippen molar-refractivity contribution >= 4 is 28.3 Å². The number of H-pyrrole nitrogens is 1. The molecule has 0 saturated heterocycles. The summed E-state index contributed by atoms with van der Waals surface area (Å²) in [7, 11) is 0. The van der Waals surface area contributed by atoms with Gasteiger partial charge in [0.15, 0.2) is 12.4 Å². The summed E-state index contributed by atoms with van der Waals surface area (Å²) in [5.41, 5.74) is 5.76. The highest BCUT2D eigenvalue weighted by Crippen LogP contribution is 2.30. The van der Waals surface area contributed by atoms with Crippen LogP contribution in [0.25, 0.3) is 33.4 Å². The molecule has 2 aromatic heterocycles. The zero-order valence-electron chi connectivity index (χ0n) is 20.9. The van der Waals surface area contributed by atoms with E-state index in [4.69, 9.17) is 14.7 Å². The van der Waals surface area contributed by atoms with Gasteiger partial charge in [-0.3, -0.25) is 9.89 Å². The van der Waals surface area contributed by atoms with Crippen LogP contribution in [0.3, 0.4) is 0 Å². The van der Waals surface area contributed by atoms with E-state index in [9.17, 15) is 4.79 Å². The number of hydrogen-bond acceptors (Lipinski definition) is 6. The standard InChI is InChI=1S/C29H28N6O2/c1-18(2)32-27(36)17-37-24-6-4-5-21(14-24)28-34-26-12-7-19(3)13-25(26)29(35-28)33-23-10-8-20(9-11-23)22-15-30-31-16-22/h4-16,18H,17H2,1-3H3,(H,30,31)(H,32,36)(H,33,34,35). The molecule has 0 aliphatic rings. The number of amides is 1. The predicted octanol–water partition coefficient (Wildman–Crippen LogP) is 5.64. The minimum atomic E-state index is -0.164. The SMILES string of the molecule is Cc1ccc2nc(-c3cccc(OCC(=O)NC(C)C)c3)nc(Nc3ccc(-c4cn[nH]c4)cc3)c2c1. The molecule has 3 N–H and O–H groups in total. The van der Waals surface area contributed by atoms with E-state index in [0.717, 1.165) is 38.8 Å². The maximum Gasteiger partial charge on any atom is 0.258 e. The van der Waals surface area contributed by atoms with Crippen molar-refractivity contribution in [3.63, 3.8) is 0 Å². The van der Waals surface area contributed by atoms with Gasteiger partial charge >= 0.3 is 0 Å². The lowest BCUT2D eigenvalue weighted by molar-refractivity contribution is -0.123. The Balaban J connectivity index is 1.45. The third-order valence-corrected chi connectivity index (χ3v) is 5.74. The fraction of sp³-hybridized carbons (Fsp3) is 0.172. The molecular weight excluding hydrogens is 464 g/mol. The molecule has 5 aromatic rings. The first kappa shape index (κ1) is 24.0. The van der Waals surface area contributed by atoms with Crippen molar-refractivity contribution in [3.8, 4) is 28.3 Å². The lowest BCUT2D eigenvalue weighted by Crippen LogP contribution is -2.34. The summed E-state index contributed by atoms with van der Waals surface area (Å²) in [5, 5.41) is 14.1. The number of aromatic nitrogens is 4. The highest BCUT2D eigenvalue weighted by atomic mass is 16.5. The van der Waals surface area contributed by atoms with E-state index in [2.05, 4.69) is 26.9 Å². The summed E-state index contributed by atoms with van der Waals surface area (Å²) in [6.07, 6.45) is 3.66. The zero-order chi connectivity index (χ0) is 25.8. The number of aryl methyl sites for hydroxylation is 1. The van der Waals surface area contributed by atoms with E-state index in [1.807, 2.05) is 87.6 Å². The molecule has 0 fully saturated rings. The first-order valence-electron chi connectivity index (χ1n) is 12.1. The molecule has 0 bridgehead atoms. The molecule has 8 heteroatoms. The molecule has 2 heterocycles. The third kappa shape index (κ3) is 5.75. The summed E-state index contributed by atoms with van der Waals surface area (Å²) >= 11 is 0. The zero-order valence-corrected chi connectivity index (χ0v) is 20.9. The quantitative estimate of drug-likeness (QED) is 0.259. The summed E-state index contributed by atoms with van der Waals surface area (Å²) in [6, 6.07) is 21.8. The Hall–Kier alpha value is -4.72. The summed E-state index contributed by atoms with van der Waals surface area (Å²) in [4.78, 5) is 21.7. The second-order valence-corrected chi connectivity index (χ2v) is 9.14. The average molecular weight is 493 g/mol. The van der Waals surface area contributed by atoms with Crippen molar-refractivity contribution in [2.24, 2.45) is 0 Å². The van der Waals surface area contributed by atoms with Gasteiger partial charge in [-0.15, -0.1) is 0 Å². The molecule has 8 nitrogen and oxygen atoms in total. The lowest BCUT2D eigenvalue weighted by Gasteiger charge is -2.13. The number of carbonyl (C=O) groups excluding carboxylic acids is 1. The molecule has 0 aliphatic carbocycles. The maximum absolute atomic E-state index is 12.0. The van der Waals surface area contributed by atoms with Gasteiger partial charge in [-0.1, -0.05) is 35.9 Å². The van der Waals surface area contributed by atoms with Crippen LogP contribution in [-0.2, 0) is 4.79 Å². The number of rotatable bonds is 8. The summed E-state index contributed by atoms with van der Waals surface area (Å²) in [5.74, 6) is 1.68. The van der Waals surface area contributed by atoms with E-state index in [0.29, 0.717) is 17.4 Å². The molecule has 1 amide bonds. The van der Waals surface area contributed by atoms with E-state index in [1.54, 1.807) is 6.20 Å². The molecule has 0 radical (unpaired) electrons. The van der Waals surface area contributed by atoms with Gasteiger partial charge < -0.3 is 15.4 Å². The highest BCUT2D eigenvalue weighted by Gasteiger charge is 2.12. The molecular formula is C29H28N6O2. The van der Waals surface area contributed by atoms with Gasteiger partial charge in [0.1, 0.15) is 11.6 Å². The summed E-state index contributed by atoms with van der Waals surface area (Å²) < 4.78 is 5.71. The fourth-order valence-electron chi connectivity index (χ4n) is 4.00. The van der Waals surface area contributed by atoms with Crippen LogP contribution >= 0.6 is 0 Å². The van der Waals surface area contributed by atoms with Gasteiger partial charge in [0.25, 0.3) is 5.91 Å². The van der Waals surface area contributed by atoms with E-state index >= 15 is 0 Å². The van der Waals surface area contributed by atoms with Crippen molar-refractivity contribution in [2.45, 2.75) is 26.8 Å². The van der Waals surface area contributed by atoms with Crippen molar-refractivity contribution in [3.05, 3.63) is 84.7 Å². The lowest BCUT2D eigenvalue weighted by atomic mass is 10.1. The number of carbonyl (C=O) groups is 1. The second-order valence-electron chi connectivity index (χ2n) is 9.14. The van der Waals surface area contributed by atoms with Crippen LogP contribution in [0.15, 0.2) is 79.1 Å². The van der Waals surface area contributed by atoms with Gasteiger partial charge in [-0.2, -0.15) is 5.10 Å². The smallest absolute Gasteiger partial charge is 0.258 e. The normalized spacial score (nSPS) is 11.0. The Bertz CT molecular complexity index is 1530. The van der Waals surface area contributed by atoms with Crippen LogP contribution in [0.5, 0.6) is 5.75 Å². The molecule has 0 atom stereocenters. The Morgan fingerprint density at radius 1 is 0.973 bits per heavy atom. The van der Waals surface area contributed by atoms with Crippen LogP contribution in [0, 0.1) is 6.92 Å². The summed E-state index contributed by atoms with van der Waals surface area (Å²) in [6.45, 7) is 5.82. The van der Waals surface area contributed by atoms with Gasteiger partial charge in [0.2, 0.25) is 0 Å². The highest BCUT2D eigenvalue weighted by molar-refractivity contribution is 5.93. The average Bonchev–Trinajstić information content (AvgIpc) is 3.43. The van der Waals surface area contributed by atoms with Crippen molar-refractivity contribution in [1.29, 1.82) is 0 Å². The molecule has 0 spiro atoms. The predicted molar refractivity (Wildman–Crippen MR) is 146 cm³/mol. The van der Waals surface area contributed by atoms with Gasteiger partial charge in [-0.05, 0) is 62.7 Å². The molecule has 5 rings (SSSR count). The number of hydrogen-bond donors (Lipinski definition) is 3. The number of nitrogens with zero attached hydrogens (tertiary/aromatic N) is 3. The second kappa shape index (κ2) is 10.5. The number of anilines is 2. The van der Waals surface area contributed by atoms with Crippen molar-refractivity contribution in [2.75, 3.05) is 11.9 Å². The number of ether oxygens (including phenoxy) is 1. The van der Waals surface area contributed by atoms with Crippen molar-refractivity contribution < 1.29 is 9.53 Å². The molecule has 0 aliphatic heterocycles. The molecule has 0 unspecified atom stereocenters. The van der Waals surface area contributed by atoms with E-state index in [1.165, 1.54) is 0 Å². The van der Waals surface area contributed by atoms with Gasteiger partial charge in [0, 0.05) is 34.4 Å². The Morgan fingerprint density at radius 3 is 2.57 bits per heavy atom. The van der Waals surface area contributed by atoms with Crippen LogP contribution in [0.4, 0.5) is 11.5 Å². The topological polar surface area (TPSA) is 105 Å². The van der Waals surface area contributed by atoms with Crippen molar-refractivity contribution in [1.82, 2.24) is 25.5 Å². The Morgan fingerprint density at radius 2 is 1.81 bits per heavy atom. The molecule has 186 valence electrons. The Labute approximate surface area is 215 Å². The molecule has 0 saturated carbocycles. The molecule has 3 aromatic carbocycles. The van der Waals surface area contributed by atoms with E-state index < -0.39 is 0 Å². The minimum absolute atomic E-state index is 0.0545. The number of fused-ring (bicyclic) bond motifs is 1. The largest absolute Gasteiger partial charge is 0.484 e. The number of benzene rings is 3.